The maximum absolute atomic E-state index is 11.7. The van der Waals surface area contributed by atoms with Gasteiger partial charge >= 0.3 is 5.97 Å². The summed E-state index contributed by atoms with van der Waals surface area (Å²) in [6, 6.07) is 0. The molecule has 1 rings (SSSR count). The average molecular weight is 263 g/mol. The van der Waals surface area contributed by atoms with Crippen LogP contribution < -0.4 is 5.32 Å². The van der Waals surface area contributed by atoms with E-state index < -0.39 is 0 Å². The predicted molar refractivity (Wildman–Crippen MR) is 74.5 cm³/mol. The molecule has 1 aliphatic heterocycles. The van der Waals surface area contributed by atoms with E-state index in [4.69, 9.17) is 4.74 Å². The Morgan fingerprint density at radius 2 is 2.26 bits per heavy atom. The lowest BCUT2D eigenvalue weighted by Crippen LogP contribution is -2.22. The molecule has 1 amide bonds. The number of methoxy groups -OCH3 is 1. The van der Waals surface area contributed by atoms with E-state index in [-0.39, 0.29) is 11.9 Å². The molecule has 0 aromatic carbocycles. The van der Waals surface area contributed by atoms with Gasteiger partial charge in [0.2, 0.25) is 5.91 Å². The molecular weight excluding hydrogens is 242 g/mol. The van der Waals surface area contributed by atoms with Gasteiger partial charge < -0.3 is 10.1 Å². The Bertz CT molecular complexity index is 419. The summed E-state index contributed by atoms with van der Waals surface area (Å²) in [6.07, 6.45) is 10.7. The van der Waals surface area contributed by atoms with Crippen LogP contribution in [0.25, 0.3) is 0 Å². The van der Waals surface area contributed by atoms with E-state index in [1.54, 1.807) is 18.2 Å². The molecule has 1 heterocycles. The van der Waals surface area contributed by atoms with Crippen LogP contribution in [0.5, 0.6) is 0 Å². The third-order valence-electron chi connectivity index (χ3n) is 2.88. The van der Waals surface area contributed by atoms with Gasteiger partial charge in [-0.25, -0.2) is 4.79 Å². The van der Waals surface area contributed by atoms with Crippen molar-refractivity contribution in [2.45, 2.75) is 32.6 Å². The van der Waals surface area contributed by atoms with E-state index >= 15 is 0 Å². The molecule has 1 aliphatic rings. The van der Waals surface area contributed by atoms with Gasteiger partial charge in [-0.3, -0.25) is 4.79 Å². The van der Waals surface area contributed by atoms with E-state index in [1.165, 1.54) is 7.11 Å². The Morgan fingerprint density at radius 1 is 1.47 bits per heavy atom. The highest BCUT2D eigenvalue weighted by Crippen LogP contribution is 2.14. The largest absolute Gasteiger partial charge is 0.465 e. The molecule has 19 heavy (non-hydrogen) atoms. The fourth-order valence-corrected chi connectivity index (χ4v) is 1.81. The van der Waals surface area contributed by atoms with Gasteiger partial charge in [-0.05, 0) is 19.3 Å². The molecule has 0 aromatic heterocycles. The minimum Gasteiger partial charge on any atom is -0.465 e. The van der Waals surface area contributed by atoms with Crippen LogP contribution in [0.2, 0.25) is 0 Å². The van der Waals surface area contributed by atoms with Gasteiger partial charge in [-0.1, -0.05) is 37.1 Å². The number of carbonyl (C=O) groups is 2. The van der Waals surface area contributed by atoms with E-state index in [0.717, 1.165) is 24.8 Å². The number of esters is 1. The standard InChI is InChI=1S/C15H21NO3/c1-3-4-6-12-7-5-8-13(15(18)19-2)9-10-16-14(17)11-12/h5,8-9,11H,3-4,6-7,10H2,1-2H3,(H,16,17)/b8-5-,12-11-,13-9+. The summed E-state index contributed by atoms with van der Waals surface area (Å²) in [4.78, 5) is 23.2. The van der Waals surface area contributed by atoms with Crippen LogP contribution in [0.1, 0.15) is 32.6 Å². The van der Waals surface area contributed by atoms with Crippen molar-refractivity contribution in [3.05, 3.63) is 35.5 Å². The van der Waals surface area contributed by atoms with Crippen molar-refractivity contribution >= 4 is 11.9 Å². The van der Waals surface area contributed by atoms with Crippen LogP contribution in [-0.2, 0) is 14.3 Å². The molecule has 104 valence electrons. The van der Waals surface area contributed by atoms with Crippen LogP contribution >= 0.6 is 0 Å². The van der Waals surface area contributed by atoms with E-state index in [0.29, 0.717) is 18.5 Å². The van der Waals surface area contributed by atoms with Crippen molar-refractivity contribution in [1.82, 2.24) is 5.32 Å². The molecule has 0 bridgehead atoms. The van der Waals surface area contributed by atoms with Crippen LogP contribution in [0, 0.1) is 0 Å². The Kier molecular flexibility index (Phi) is 6.64. The lowest BCUT2D eigenvalue weighted by atomic mass is 10.0. The molecule has 0 saturated carbocycles. The number of nitrogens with one attached hydrogen (secondary N) is 1. The van der Waals surface area contributed by atoms with Crippen LogP contribution in [-0.4, -0.2) is 25.5 Å². The van der Waals surface area contributed by atoms with Gasteiger partial charge in [0.05, 0.1) is 12.7 Å². The van der Waals surface area contributed by atoms with Crippen molar-refractivity contribution < 1.29 is 14.3 Å². The third-order valence-corrected chi connectivity index (χ3v) is 2.88. The first-order valence-electron chi connectivity index (χ1n) is 6.59. The monoisotopic (exact) mass is 263 g/mol. The molecule has 0 saturated heterocycles. The second kappa shape index (κ2) is 8.29. The maximum atomic E-state index is 11.7. The highest BCUT2D eigenvalue weighted by atomic mass is 16.5. The number of rotatable bonds is 4. The molecule has 0 spiro atoms. The average Bonchev–Trinajstić information content (AvgIpc) is 2.42. The van der Waals surface area contributed by atoms with E-state index in [9.17, 15) is 9.59 Å². The molecular formula is C15H21NO3. The minimum atomic E-state index is -0.384. The fraction of sp³-hybridized carbons (Fsp3) is 0.467. The second-order valence-corrected chi connectivity index (χ2v) is 4.41. The Balaban J connectivity index is 2.81. The fourth-order valence-electron chi connectivity index (χ4n) is 1.81. The zero-order valence-electron chi connectivity index (χ0n) is 11.6. The smallest absolute Gasteiger partial charge is 0.337 e. The molecule has 1 N–H and O–H groups in total. The summed E-state index contributed by atoms with van der Waals surface area (Å²) in [5.41, 5.74) is 1.56. The number of ether oxygens (including phenoxy) is 1. The van der Waals surface area contributed by atoms with Gasteiger partial charge in [0.25, 0.3) is 0 Å². The summed E-state index contributed by atoms with van der Waals surface area (Å²) < 4.78 is 4.69. The molecule has 0 aliphatic carbocycles. The summed E-state index contributed by atoms with van der Waals surface area (Å²) in [5.74, 6) is -0.493. The number of hydrogen-bond acceptors (Lipinski definition) is 3. The number of hydrogen-bond donors (Lipinski definition) is 1. The van der Waals surface area contributed by atoms with Crippen molar-refractivity contribution in [3.8, 4) is 0 Å². The minimum absolute atomic E-state index is 0.109. The van der Waals surface area contributed by atoms with E-state index in [2.05, 4.69) is 12.2 Å². The van der Waals surface area contributed by atoms with Crippen LogP contribution in [0.4, 0.5) is 0 Å². The van der Waals surface area contributed by atoms with Gasteiger partial charge in [0.1, 0.15) is 0 Å². The van der Waals surface area contributed by atoms with Gasteiger partial charge in [0, 0.05) is 12.6 Å². The third kappa shape index (κ3) is 5.55. The normalized spacial score (nSPS) is 23.4. The SMILES string of the molecule is CCCC/C1=C/C(=O)NC/C=C(C(=O)OC)\C=C/C1. The predicted octanol–water partition coefficient (Wildman–Crippen LogP) is 2.28. The molecule has 0 radical (unpaired) electrons. The Morgan fingerprint density at radius 3 is 2.95 bits per heavy atom. The number of carbonyl (C=O) groups excluding carboxylic acids is 2. The maximum Gasteiger partial charge on any atom is 0.337 e. The van der Waals surface area contributed by atoms with Crippen LogP contribution in [0.3, 0.4) is 0 Å². The Labute approximate surface area is 114 Å². The quantitative estimate of drug-likeness (QED) is 0.792. The highest BCUT2D eigenvalue weighted by molar-refractivity contribution is 5.92. The number of amides is 1. The van der Waals surface area contributed by atoms with Crippen molar-refractivity contribution in [2.75, 3.05) is 13.7 Å². The Hall–Kier alpha value is -1.84. The van der Waals surface area contributed by atoms with Gasteiger partial charge in [0.15, 0.2) is 0 Å². The first kappa shape index (κ1) is 15.2. The molecule has 0 atom stereocenters. The zero-order valence-corrected chi connectivity index (χ0v) is 11.6. The lowest BCUT2D eigenvalue weighted by Gasteiger charge is -2.07. The van der Waals surface area contributed by atoms with Crippen LogP contribution in [0.15, 0.2) is 35.5 Å². The molecule has 4 nitrogen and oxygen atoms in total. The highest BCUT2D eigenvalue weighted by Gasteiger charge is 2.08. The second-order valence-electron chi connectivity index (χ2n) is 4.41. The van der Waals surface area contributed by atoms with E-state index in [1.807, 2.05) is 6.08 Å². The zero-order chi connectivity index (χ0) is 14.1. The summed E-state index contributed by atoms with van der Waals surface area (Å²) in [5, 5.41) is 2.73. The lowest BCUT2D eigenvalue weighted by molar-refractivity contribution is -0.135. The molecule has 4 heteroatoms. The number of allylic oxidation sites excluding steroid dienone is 2. The topological polar surface area (TPSA) is 55.4 Å². The first-order valence-corrected chi connectivity index (χ1v) is 6.59. The molecule has 0 fully saturated rings. The first-order chi connectivity index (χ1) is 9.17. The number of unbranched alkanes of at least 4 members (excludes halogenated alkanes) is 1. The van der Waals surface area contributed by atoms with Gasteiger partial charge in [-0.2, -0.15) is 0 Å². The molecule has 0 aromatic rings. The summed E-state index contributed by atoms with van der Waals surface area (Å²) >= 11 is 0. The van der Waals surface area contributed by atoms with Crippen molar-refractivity contribution in [2.24, 2.45) is 0 Å². The van der Waals surface area contributed by atoms with Crippen molar-refractivity contribution in [3.63, 3.8) is 0 Å². The summed E-state index contributed by atoms with van der Waals surface area (Å²) in [6.45, 7) is 2.44. The molecule has 0 unspecified atom stereocenters. The van der Waals surface area contributed by atoms with Gasteiger partial charge in [-0.15, -0.1) is 0 Å². The van der Waals surface area contributed by atoms with Crippen molar-refractivity contribution in [1.29, 1.82) is 0 Å². The summed E-state index contributed by atoms with van der Waals surface area (Å²) in [7, 11) is 1.35.